The summed E-state index contributed by atoms with van der Waals surface area (Å²) >= 11 is 0. The largest absolute Gasteiger partial charge is 0.414 e. The molecule has 0 aromatic carbocycles. The summed E-state index contributed by atoms with van der Waals surface area (Å²) in [5, 5.41) is 0.250. The molecular formula is C30H60O2Si2. The van der Waals surface area contributed by atoms with E-state index in [1.807, 2.05) is 0 Å². The Bertz CT molecular complexity index is 608. The van der Waals surface area contributed by atoms with Crippen LogP contribution in [-0.4, -0.2) is 28.8 Å². The summed E-state index contributed by atoms with van der Waals surface area (Å²) in [6.07, 6.45) is 15.0. The maximum absolute atomic E-state index is 7.08. The number of hydrogen-bond acceptors (Lipinski definition) is 2. The molecule has 34 heavy (non-hydrogen) atoms. The van der Waals surface area contributed by atoms with Crippen LogP contribution in [0.2, 0.25) is 36.3 Å². The van der Waals surface area contributed by atoms with Crippen LogP contribution in [-0.2, 0) is 8.85 Å². The first kappa shape index (κ1) is 31.9. The number of rotatable bonds is 17. The van der Waals surface area contributed by atoms with E-state index in [9.17, 15) is 0 Å². The normalized spacial score (nSPS) is 21.4. The minimum atomic E-state index is -1.80. The monoisotopic (exact) mass is 508 g/mol. The average molecular weight is 509 g/mol. The fourth-order valence-corrected chi connectivity index (χ4v) is 9.63. The Kier molecular flexibility index (Phi) is 13.6. The van der Waals surface area contributed by atoms with E-state index in [2.05, 4.69) is 87.2 Å². The first-order chi connectivity index (χ1) is 15.9. The third-order valence-corrected chi connectivity index (χ3v) is 18.3. The van der Waals surface area contributed by atoms with Gasteiger partial charge in [-0.2, -0.15) is 0 Å². The summed E-state index contributed by atoms with van der Waals surface area (Å²) in [7, 11) is -3.41. The van der Waals surface area contributed by atoms with Crippen LogP contribution in [0, 0.1) is 11.8 Å². The van der Waals surface area contributed by atoms with Crippen molar-refractivity contribution in [2.45, 2.75) is 155 Å². The molecule has 0 amide bonds. The predicted octanol–water partition coefficient (Wildman–Crippen LogP) is 10.3. The van der Waals surface area contributed by atoms with Gasteiger partial charge in [-0.1, -0.05) is 92.4 Å². The van der Waals surface area contributed by atoms with Crippen molar-refractivity contribution >= 4 is 16.6 Å². The summed E-state index contributed by atoms with van der Waals surface area (Å²) in [6.45, 7) is 27.8. The number of unbranched alkanes of at least 4 members (excludes halogenated alkanes) is 2. The first-order valence-corrected chi connectivity index (χ1v) is 20.0. The van der Waals surface area contributed by atoms with E-state index in [0.717, 1.165) is 25.7 Å². The lowest BCUT2D eigenvalue weighted by Crippen LogP contribution is -2.45. The molecule has 0 fully saturated rings. The highest BCUT2D eigenvalue weighted by molar-refractivity contribution is 6.74. The fourth-order valence-electron chi connectivity index (χ4n) is 5.27. The van der Waals surface area contributed by atoms with Crippen molar-refractivity contribution in [3.8, 4) is 0 Å². The Morgan fingerprint density at radius 3 is 2.18 bits per heavy atom. The molecule has 0 N–H and O–H groups in total. The SMILES string of the molecule is C=CC[C@@H]1C(CC[C@H](O[Si](C)(C)C(C)(C)C)C(C)CCCCC)=CC[C@@H]1O[Si](CC)(CC)CC. The van der Waals surface area contributed by atoms with Gasteiger partial charge in [-0.25, -0.2) is 0 Å². The summed E-state index contributed by atoms with van der Waals surface area (Å²) in [4.78, 5) is 0. The second kappa shape index (κ2) is 14.5. The van der Waals surface area contributed by atoms with Gasteiger partial charge in [-0.3, -0.25) is 0 Å². The summed E-state index contributed by atoms with van der Waals surface area (Å²) in [5.41, 5.74) is 1.61. The molecule has 0 saturated carbocycles. The zero-order chi connectivity index (χ0) is 26.0. The Morgan fingerprint density at radius 1 is 1.06 bits per heavy atom. The molecule has 1 unspecified atom stereocenters. The molecule has 1 rings (SSSR count). The van der Waals surface area contributed by atoms with Crippen molar-refractivity contribution in [1.82, 2.24) is 0 Å². The molecule has 0 aliphatic heterocycles. The lowest BCUT2D eigenvalue weighted by molar-refractivity contribution is 0.108. The molecule has 0 aromatic heterocycles. The van der Waals surface area contributed by atoms with Crippen LogP contribution in [0.25, 0.3) is 0 Å². The van der Waals surface area contributed by atoms with Crippen molar-refractivity contribution in [2.75, 3.05) is 0 Å². The van der Waals surface area contributed by atoms with Gasteiger partial charge < -0.3 is 8.85 Å². The Hall–Kier alpha value is -0.166. The van der Waals surface area contributed by atoms with Crippen LogP contribution in [0.5, 0.6) is 0 Å². The van der Waals surface area contributed by atoms with Crippen LogP contribution in [0.4, 0.5) is 0 Å². The molecule has 4 heteroatoms. The van der Waals surface area contributed by atoms with E-state index < -0.39 is 16.6 Å². The second-order valence-corrected chi connectivity index (χ2v) is 22.0. The second-order valence-electron chi connectivity index (χ2n) is 12.5. The first-order valence-electron chi connectivity index (χ1n) is 14.6. The minimum Gasteiger partial charge on any atom is -0.414 e. The third-order valence-electron chi connectivity index (χ3n) is 9.16. The molecular weight excluding hydrogens is 449 g/mol. The Labute approximate surface area is 216 Å². The van der Waals surface area contributed by atoms with E-state index in [-0.39, 0.29) is 5.04 Å². The highest BCUT2D eigenvalue weighted by Gasteiger charge is 2.41. The predicted molar refractivity (Wildman–Crippen MR) is 158 cm³/mol. The van der Waals surface area contributed by atoms with Gasteiger partial charge in [0.05, 0.1) is 6.10 Å². The van der Waals surface area contributed by atoms with Crippen molar-refractivity contribution in [3.05, 3.63) is 24.3 Å². The Morgan fingerprint density at radius 2 is 1.68 bits per heavy atom. The summed E-state index contributed by atoms with van der Waals surface area (Å²) < 4.78 is 14.1. The standard InChI is InChI=1S/C30H60O2Si2/c1-12-17-18-20-25(6)28(31-33(10,11)30(7,8)9)23-21-26-22-24-29(27(26)19-13-2)32-34(14-3,15-4)16-5/h13,22,25,27-29H,2,12,14-21,23-24H2,1,3-11H3/t25?,27-,28+,29+/m1/s1. The smallest absolute Gasteiger partial charge is 0.192 e. The fraction of sp³-hybridized carbons (Fsp3) is 0.867. The quantitative estimate of drug-likeness (QED) is 0.110. The number of allylic oxidation sites excluding steroid dienone is 1. The molecule has 1 aliphatic carbocycles. The van der Waals surface area contributed by atoms with Crippen LogP contribution in [0.3, 0.4) is 0 Å². The van der Waals surface area contributed by atoms with E-state index in [4.69, 9.17) is 8.85 Å². The molecule has 1 aliphatic rings. The van der Waals surface area contributed by atoms with Gasteiger partial charge in [0.2, 0.25) is 0 Å². The van der Waals surface area contributed by atoms with Gasteiger partial charge in [0.25, 0.3) is 0 Å². The van der Waals surface area contributed by atoms with Crippen LogP contribution in [0.15, 0.2) is 24.3 Å². The highest BCUT2D eigenvalue weighted by Crippen LogP contribution is 2.41. The average Bonchev–Trinajstić information content (AvgIpc) is 3.15. The van der Waals surface area contributed by atoms with E-state index in [0.29, 0.717) is 24.0 Å². The van der Waals surface area contributed by atoms with Gasteiger partial charge in [0.1, 0.15) is 0 Å². The van der Waals surface area contributed by atoms with E-state index in [1.165, 1.54) is 43.8 Å². The minimum absolute atomic E-state index is 0.250. The van der Waals surface area contributed by atoms with Crippen LogP contribution in [0.1, 0.15) is 107 Å². The van der Waals surface area contributed by atoms with Gasteiger partial charge >= 0.3 is 0 Å². The van der Waals surface area contributed by atoms with Gasteiger partial charge in [-0.05, 0) is 74.3 Å². The summed E-state index contributed by atoms with van der Waals surface area (Å²) in [6, 6.07) is 3.68. The number of hydrogen-bond donors (Lipinski definition) is 0. The zero-order valence-corrected chi connectivity index (χ0v) is 26.8. The van der Waals surface area contributed by atoms with Crippen molar-refractivity contribution < 1.29 is 8.85 Å². The molecule has 0 saturated heterocycles. The maximum atomic E-state index is 7.08. The highest BCUT2D eigenvalue weighted by atomic mass is 28.4. The van der Waals surface area contributed by atoms with Gasteiger partial charge in [-0.15, -0.1) is 6.58 Å². The zero-order valence-electron chi connectivity index (χ0n) is 24.8. The Balaban J connectivity index is 2.96. The molecule has 0 heterocycles. The molecule has 0 bridgehead atoms. The van der Waals surface area contributed by atoms with Gasteiger partial charge in [0, 0.05) is 12.0 Å². The third kappa shape index (κ3) is 9.05. The topological polar surface area (TPSA) is 18.5 Å². The van der Waals surface area contributed by atoms with Crippen LogP contribution < -0.4 is 0 Å². The van der Waals surface area contributed by atoms with Crippen molar-refractivity contribution in [3.63, 3.8) is 0 Å². The van der Waals surface area contributed by atoms with Gasteiger partial charge in [0.15, 0.2) is 16.6 Å². The molecule has 0 spiro atoms. The van der Waals surface area contributed by atoms with E-state index >= 15 is 0 Å². The molecule has 2 nitrogen and oxygen atoms in total. The molecule has 4 atom stereocenters. The van der Waals surface area contributed by atoms with Crippen molar-refractivity contribution in [2.24, 2.45) is 11.8 Å². The molecule has 200 valence electrons. The molecule has 0 aromatic rings. The van der Waals surface area contributed by atoms with E-state index in [1.54, 1.807) is 5.57 Å². The lowest BCUT2D eigenvalue weighted by Gasteiger charge is -2.41. The lowest BCUT2D eigenvalue weighted by atomic mass is 9.88. The summed E-state index contributed by atoms with van der Waals surface area (Å²) in [5.74, 6) is 1.13. The van der Waals surface area contributed by atoms with Crippen LogP contribution >= 0.6 is 0 Å². The maximum Gasteiger partial charge on any atom is 0.192 e. The molecule has 0 radical (unpaired) electrons. The van der Waals surface area contributed by atoms with Crippen molar-refractivity contribution in [1.29, 1.82) is 0 Å².